The molecule has 4 aromatic rings. The van der Waals surface area contributed by atoms with Gasteiger partial charge in [-0.2, -0.15) is 5.10 Å². The van der Waals surface area contributed by atoms with E-state index in [1.165, 1.54) is 0 Å². The molecule has 1 saturated heterocycles. The molecular weight excluding hydrogens is 302 g/mol. The molecule has 0 radical (unpaired) electrons. The van der Waals surface area contributed by atoms with E-state index in [1.54, 1.807) is 12.4 Å². The van der Waals surface area contributed by atoms with Crippen LogP contribution in [0.5, 0.6) is 0 Å². The van der Waals surface area contributed by atoms with E-state index < -0.39 is 0 Å². The molecule has 1 aliphatic rings. The lowest BCUT2D eigenvalue weighted by molar-refractivity contribution is 0.453. The number of imidazole rings is 1. The number of nitrogens with one attached hydrogen (secondary N) is 3. The number of piperidine rings is 1. The third kappa shape index (κ3) is 2.16. The summed E-state index contributed by atoms with van der Waals surface area (Å²) < 4.78 is 0. The van der Waals surface area contributed by atoms with E-state index in [4.69, 9.17) is 0 Å². The molecule has 0 amide bonds. The second-order valence-corrected chi connectivity index (χ2v) is 6.23. The van der Waals surface area contributed by atoms with E-state index >= 15 is 0 Å². The van der Waals surface area contributed by atoms with Crippen molar-refractivity contribution in [2.75, 3.05) is 13.1 Å². The number of aromatic nitrogens is 6. The number of aromatic amines is 2. The lowest BCUT2D eigenvalue weighted by atomic mass is 9.93. The van der Waals surface area contributed by atoms with Crippen molar-refractivity contribution in [3.8, 4) is 11.5 Å². The molecule has 7 nitrogen and oxygen atoms in total. The van der Waals surface area contributed by atoms with Gasteiger partial charge in [0.2, 0.25) is 0 Å². The first kappa shape index (κ1) is 13.6. The topological polar surface area (TPSA) is 95.2 Å². The number of pyridine rings is 2. The highest BCUT2D eigenvalue weighted by atomic mass is 15.1. The van der Waals surface area contributed by atoms with Gasteiger partial charge in [-0.1, -0.05) is 0 Å². The summed E-state index contributed by atoms with van der Waals surface area (Å²) in [4.78, 5) is 16.7. The maximum absolute atomic E-state index is 4.64. The van der Waals surface area contributed by atoms with Crippen LogP contribution < -0.4 is 5.32 Å². The lowest BCUT2D eigenvalue weighted by Crippen LogP contribution is -2.27. The van der Waals surface area contributed by atoms with Crippen molar-refractivity contribution in [1.82, 2.24) is 35.5 Å². The Bertz CT molecular complexity index is 977. The number of hydrogen-bond acceptors (Lipinski definition) is 5. The van der Waals surface area contributed by atoms with Crippen LogP contribution in [0.25, 0.3) is 33.5 Å². The molecule has 1 aliphatic heterocycles. The predicted molar refractivity (Wildman–Crippen MR) is 91.6 cm³/mol. The summed E-state index contributed by atoms with van der Waals surface area (Å²) in [7, 11) is 0. The van der Waals surface area contributed by atoms with Crippen LogP contribution in [0.3, 0.4) is 0 Å². The van der Waals surface area contributed by atoms with Crippen LogP contribution >= 0.6 is 0 Å². The Hall–Kier alpha value is -2.80. The summed E-state index contributed by atoms with van der Waals surface area (Å²) in [5, 5.41) is 12.0. The zero-order valence-electron chi connectivity index (χ0n) is 13.1. The second kappa shape index (κ2) is 5.38. The summed E-state index contributed by atoms with van der Waals surface area (Å²) in [5.74, 6) is 1.27. The van der Waals surface area contributed by atoms with Gasteiger partial charge in [0.1, 0.15) is 5.69 Å². The zero-order valence-corrected chi connectivity index (χ0v) is 13.1. The van der Waals surface area contributed by atoms with Gasteiger partial charge in [-0.05, 0) is 38.1 Å². The van der Waals surface area contributed by atoms with Crippen molar-refractivity contribution in [3.63, 3.8) is 0 Å². The van der Waals surface area contributed by atoms with E-state index in [2.05, 4.69) is 41.5 Å². The molecule has 5 rings (SSSR count). The molecule has 0 saturated carbocycles. The molecule has 3 N–H and O–H groups in total. The van der Waals surface area contributed by atoms with E-state index in [0.717, 1.165) is 65.1 Å². The Labute approximate surface area is 137 Å². The number of rotatable bonds is 2. The fourth-order valence-electron chi connectivity index (χ4n) is 3.42. The fourth-order valence-corrected chi connectivity index (χ4v) is 3.42. The summed E-state index contributed by atoms with van der Waals surface area (Å²) in [6.07, 6.45) is 7.66. The monoisotopic (exact) mass is 319 g/mol. The number of H-pyrrole nitrogens is 2. The lowest BCUT2D eigenvalue weighted by Gasteiger charge is -2.21. The standard InChI is InChI=1S/C17H17N7/c1-4-18-5-2-10(1)13-7-11-14(9-20-13)23-24-16(11)17-21-12-3-6-19-8-15(12)22-17/h3,6-10,18H,1-2,4-5H2,(H,21,22)(H,23,24). The minimum Gasteiger partial charge on any atom is -0.335 e. The highest BCUT2D eigenvalue weighted by molar-refractivity contribution is 5.92. The Balaban J connectivity index is 1.62. The quantitative estimate of drug-likeness (QED) is 0.527. The van der Waals surface area contributed by atoms with Crippen LogP contribution in [0.2, 0.25) is 0 Å². The summed E-state index contributed by atoms with van der Waals surface area (Å²) >= 11 is 0. The van der Waals surface area contributed by atoms with Gasteiger partial charge in [-0.15, -0.1) is 0 Å². The van der Waals surface area contributed by atoms with Crippen molar-refractivity contribution in [2.45, 2.75) is 18.8 Å². The molecule has 0 aromatic carbocycles. The van der Waals surface area contributed by atoms with Crippen LogP contribution in [0.1, 0.15) is 24.5 Å². The third-order valence-corrected chi connectivity index (χ3v) is 4.73. The average Bonchev–Trinajstić information content (AvgIpc) is 3.25. The van der Waals surface area contributed by atoms with Crippen molar-refractivity contribution in [2.24, 2.45) is 0 Å². The minimum atomic E-state index is 0.512. The van der Waals surface area contributed by atoms with Crippen molar-refractivity contribution in [1.29, 1.82) is 0 Å². The second-order valence-electron chi connectivity index (χ2n) is 6.23. The molecule has 4 aromatic heterocycles. The van der Waals surface area contributed by atoms with Gasteiger partial charge in [-0.3, -0.25) is 15.1 Å². The highest BCUT2D eigenvalue weighted by Gasteiger charge is 2.19. The van der Waals surface area contributed by atoms with Gasteiger partial charge in [0.05, 0.1) is 28.9 Å². The average molecular weight is 319 g/mol. The Morgan fingerprint density at radius 1 is 1.08 bits per heavy atom. The first-order valence-corrected chi connectivity index (χ1v) is 8.23. The van der Waals surface area contributed by atoms with E-state index in [1.807, 2.05) is 12.3 Å². The Morgan fingerprint density at radius 3 is 2.88 bits per heavy atom. The van der Waals surface area contributed by atoms with E-state index in [9.17, 15) is 0 Å². The molecule has 0 bridgehead atoms. The van der Waals surface area contributed by atoms with Gasteiger partial charge in [-0.25, -0.2) is 4.98 Å². The normalized spacial score (nSPS) is 16.2. The molecule has 1 fully saturated rings. The van der Waals surface area contributed by atoms with Gasteiger partial charge < -0.3 is 10.3 Å². The highest BCUT2D eigenvalue weighted by Crippen LogP contribution is 2.30. The minimum absolute atomic E-state index is 0.512. The molecule has 120 valence electrons. The smallest absolute Gasteiger partial charge is 0.159 e. The van der Waals surface area contributed by atoms with Gasteiger partial charge in [0.15, 0.2) is 5.82 Å². The SMILES string of the molecule is c1cc2nc(-c3n[nH]c4cnc(C5CCNCC5)cc34)[nH]c2cn1. The molecule has 0 atom stereocenters. The molecule has 5 heterocycles. The van der Waals surface area contributed by atoms with Crippen LogP contribution in [0.4, 0.5) is 0 Å². The summed E-state index contributed by atoms with van der Waals surface area (Å²) in [6.45, 7) is 2.11. The number of fused-ring (bicyclic) bond motifs is 2. The zero-order chi connectivity index (χ0) is 15.9. The van der Waals surface area contributed by atoms with E-state index in [0.29, 0.717) is 5.92 Å². The van der Waals surface area contributed by atoms with Crippen LogP contribution in [0, 0.1) is 0 Å². The van der Waals surface area contributed by atoms with Gasteiger partial charge in [0.25, 0.3) is 0 Å². The van der Waals surface area contributed by atoms with Crippen molar-refractivity contribution >= 4 is 21.9 Å². The first-order chi connectivity index (χ1) is 11.9. The third-order valence-electron chi connectivity index (χ3n) is 4.73. The maximum atomic E-state index is 4.64. The Kier molecular flexibility index (Phi) is 3.05. The van der Waals surface area contributed by atoms with Gasteiger partial charge >= 0.3 is 0 Å². The van der Waals surface area contributed by atoms with Crippen molar-refractivity contribution in [3.05, 3.63) is 36.4 Å². The van der Waals surface area contributed by atoms with Gasteiger partial charge in [0, 0.05) is 23.2 Å². The molecular formula is C17H17N7. The number of hydrogen-bond donors (Lipinski definition) is 3. The molecule has 24 heavy (non-hydrogen) atoms. The van der Waals surface area contributed by atoms with E-state index in [-0.39, 0.29) is 0 Å². The fraction of sp³-hybridized carbons (Fsp3) is 0.294. The summed E-state index contributed by atoms with van der Waals surface area (Å²) in [5.41, 5.74) is 4.71. The Morgan fingerprint density at radius 2 is 2.00 bits per heavy atom. The molecule has 7 heteroatoms. The molecule has 0 spiro atoms. The first-order valence-electron chi connectivity index (χ1n) is 8.23. The summed E-state index contributed by atoms with van der Waals surface area (Å²) in [6, 6.07) is 4.06. The maximum Gasteiger partial charge on any atom is 0.159 e. The number of nitrogens with zero attached hydrogens (tertiary/aromatic N) is 4. The van der Waals surface area contributed by atoms with Crippen LogP contribution in [0.15, 0.2) is 30.7 Å². The molecule has 0 unspecified atom stereocenters. The van der Waals surface area contributed by atoms with Crippen LogP contribution in [-0.2, 0) is 0 Å². The predicted octanol–water partition coefficient (Wildman–Crippen LogP) is 2.36. The molecule has 0 aliphatic carbocycles. The van der Waals surface area contributed by atoms with Crippen molar-refractivity contribution < 1.29 is 0 Å². The van der Waals surface area contributed by atoms with Crippen LogP contribution in [-0.4, -0.2) is 43.2 Å². The largest absolute Gasteiger partial charge is 0.335 e.